The maximum atomic E-state index is 14.2. The molecule has 0 unspecified atom stereocenters. The zero-order valence-corrected chi connectivity index (χ0v) is 25.7. The Labute approximate surface area is 249 Å². The largest absolute Gasteiger partial charge is 0.495 e. The number of methoxy groups -OCH3 is 1. The minimum atomic E-state index is -4.17. The van der Waals surface area contributed by atoms with Crippen LogP contribution in [0.5, 0.6) is 5.75 Å². The lowest BCUT2D eigenvalue weighted by Crippen LogP contribution is -2.53. The monoisotopic (exact) mass is 591 g/mol. The van der Waals surface area contributed by atoms with Crippen LogP contribution in [0.2, 0.25) is 0 Å². The number of hydrogen-bond donors (Lipinski definition) is 1. The first-order valence-electron chi connectivity index (χ1n) is 14.5. The average molecular weight is 592 g/mol. The van der Waals surface area contributed by atoms with Crippen molar-refractivity contribution in [2.75, 3.05) is 18.0 Å². The number of benzene rings is 3. The molecule has 9 heteroatoms. The highest BCUT2D eigenvalue weighted by atomic mass is 32.2. The minimum absolute atomic E-state index is 0.0505. The number of rotatable bonds is 11. The van der Waals surface area contributed by atoms with Crippen molar-refractivity contribution in [2.24, 2.45) is 0 Å². The molecule has 0 aromatic heterocycles. The van der Waals surface area contributed by atoms with Crippen LogP contribution in [0.1, 0.15) is 55.7 Å². The molecule has 8 nitrogen and oxygen atoms in total. The van der Waals surface area contributed by atoms with Gasteiger partial charge in [-0.15, -0.1) is 0 Å². The second-order valence-electron chi connectivity index (χ2n) is 11.0. The summed E-state index contributed by atoms with van der Waals surface area (Å²) in [6.45, 7) is 5.17. The summed E-state index contributed by atoms with van der Waals surface area (Å²) in [7, 11) is -2.71. The molecular formula is C33H41N3O5S. The number of anilines is 1. The maximum Gasteiger partial charge on any atom is 0.264 e. The van der Waals surface area contributed by atoms with E-state index < -0.39 is 28.5 Å². The number of aryl methyl sites for hydroxylation is 2. The summed E-state index contributed by atoms with van der Waals surface area (Å²) < 4.78 is 34.7. The van der Waals surface area contributed by atoms with Gasteiger partial charge >= 0.3 is 0 Å². The summed E-state index contributed by atoms with van der Waals surface area (Å²) in [4.78, 5) is 29.2. The highest BCUT2D eigenvalue weighted by Crippen LogP contribution is 2.33. The lowest BCUT2D eigenvalue weighted by Gasteiger charge is -2.33. The smallest absolute Gasteiger partial charge is 0.264 e. The van der Waals surface area contributed by atoms with Crippen LogP contribution in [0.15, 0.2) is 77.7 Å². The number of amides is 2. The van der Waals surface area contributed by atoms with Crippen molar-refractivity contribution >= 4 is 27.5 Å². The molecule has 4 rings (SSSR count). The van der Waals surface area contributed by atoms with E-state index in [4.69, 9.17) is 4.74 Å². The van der Waals surface area contributed by atoms with Gasteiger partial charge in [-0.3, -0.25) is 13.9 Å². The highest BCUT2D eigenvalue weighted by molar-refractivity contribution is 7.92. The molecule has 42 heavy (non-hydrogen) atoms. The van der Waals surface area contributed by atoms with Gasteiger partial charge in [-0.2, -0.15) is 0 Å². The predicted octanol–water partition coefficient (Wildman–Crippen LogP) is 5.37. The SMILES string of the molecule is COc1ccc(C)cc1N(CC(=O)N(Cc1ccc(C)cc1)[C@@H](C)C(=O)NC1CCCCC1)S(=O)(=O)c1ccccc1. The molecule has 1 N–H and O–H groups in total. The molecule has 0 heterocycles. The van der Waals surface area contributed by atoms with Gasteiger partial charge in [-0.1, -0.05) is 73.4 Å². The molecule has 1 aliphatic carbocycles. The predicted molar refractivity (Wildman–Crippen MR) is 165 cm³/mol. The minimum Gasteiger partial charge on any atom is -0.495 e. The molecule has 1 aliphatic rings. The Bertz CT molecular complexity index is 1470. The Morgan fingerprint density at radius 1 is 0.929 bits per heavy atom. The normalized spacial score (nSPS) is 14.6. The number of carbonyl (C=O) groups excluding carboxylic acids is 2. The van der Waals surface area contributed by atoms with Crippen LogP contribution in [0, 0.1) is 13.8 Å². The molecule has 0 aliphatic heterocycles. The van der Waals surface area contributed by atoms with Crippen LogP contribution >= 0.6 is 0 Å². The Morgan fingerprint density at radius 2 is 1.57 bits per heavy atom. The van der Waals surface area contributed by atoms with Crippen molar-refractivity contribution in [3.8, 4) is 5.75 Å². The lowest BCUT2D eigenvalue weighted by molar-refractivity contribution is -0.139. The zero-order valence-electron chi connectivity index (χ0n) is 24.9. The molecule has 0 spiro atoms. The van der Waals surface area contributed by atoms with Crippen molar-refractivity contribution in [1.82, 2.24) is 10.2 Å². The Hall–Kier alpha value is -3.85. The van der Waals surface area contributed by atoms with Crippen LogP contribution in [-0.2, 0) is 26.2 Å². The van der Waals surface area contributed by atoms with Crippen molar-refractivity contribution in [3.63, 3.8) is 0 Å². The molecule has 0 bridgehead atoms. The molecule has 1 fully saturated rings. The first-order valence-corrected chi connectivity index (χ1v) is 15.9. The second kappa shape index (κ2) is 13.9. The summed E-state index contributed by atoms with van der Waals surface area (Å²) in [5, 5.41) is 3.13. The van der Waals surface area contributed by atoms with E-state index in [1.165, 1.54) is 24.1 Å². The van der Waals surface area contributed by atoms with E-state index >= 15 is 0 Å². The van der Waals surface area contributed by atoms with Gasteiger partial charge in [-0.05, 0) is 69.0 Å². The Balaban J connectivity index is 1.71. The number of nitrogens with zero attached hydrogens (tertiary/aromatic N) is 2. The van der Waals surface area contributed by atoms with Crippen LogP contribution in [0.4, 0.5) is 5.69 Å². The number of carbonyl (C=O) groups is 2. The van der Waals surface area contributed by atoms with Gasteiger partial charge in [0.05, 0.1) is 17.7 Å². The molecule has 3 aromatic carbocycles. The van der Waals surface area contributed by atoms with Gasteiger partial charge in [-0.25, -0.2) is 8.42 Å². The Kier molecular flexibility index (Phi) is 10.3. The molecule has 224 valence electrons. The highest BCUT2D eigenvalue weighted by Gasteiger charge is 2.34. The fraction of sp³-hybridized carbons (Fsp3) is 0.394. The van der Waals surface area contributed by atoms with Gasteiger partial charge in [0.1, 0.15) is 18.3 Å². The van der Waals surface area contributed by atoms with Crippen LogP contribution < -0.4 is 14.4 Å². The number of nitrogens with one attached hydrogen (secondary N) is 1. The third kappa shape index (κ3) is 7.50. The quantitative estimate of drug-likeness (QED) is 0.323. The summed E-state index contributed by atoms with van der Waals surface area (Å²) in [6.07, 6.45) is 5.13. The third-order valence-corrected chi connectivity index (χ3v) is 9.58. The van der Waals surface area contributed by atoms with Crippen LogP contribution in [-0.4, -0.2) is 50.9 Å². The summed E-state index contributed by atoms with van der Waals surface area (Å²) >= 11 is 0. The average Bonchev–Trinajstić information content (AvgIpc) is 3.00. The third-order valence-electron chi connectivity index (χ3n) is 7.81. The first-order chi connectivity index (χ1) is 20.1. The molecule has 3 aromatic rings. The van der Waals surface area contributed by atoms with Gasteiger partial charge < -0.3 is 15.0 Å². The molecule has 0 radical (unpaired) electrons. The lowest BCUT2D eigenvalue weighted by atomic mass is 9.95. The van der Waals surface area contributed by atoms with Crippen molar-refractivity contribution < 1.29 is 22.7 Å². The molecule has 2 amide bonds. The molecule has 1 saturated carbocycles. The van der Waals surface area contributed by atoms with E-state index in [0.29, 0.717) is 5.75 Å². The fourth-order valence-electron chi connectivity index (χ4n) is 5.27. The van der Waals surface area contributed by atoms with Gasteiger partial charge in [0, 0.05) is 12.6 Å². The fourth-order valence-corrected chi connectivity index (χ4v) is 6.71. The van der Waals surface area contributed by atoms with E-state index in [0.717, 1.165) is 53.1 Å². The number of hydrogen-bond acceptors (Lipinski definition) is 5. The molecule has 1 atom stereocenters. The van der Waals surface area contributed by atoms with E-state index in [1.807, 2.05) is 44.2 Å². The van der Waals surface area contributed by atoms with E-state index in [9.17, 15) is 18.0 Å². The number of ether oxygens (including phenoxy) is 1. The van der Waals surface area contributed by atoms with Gasteiger partial charge in [0.25, 0.3) is 10.0 Å². The summed E-state index contributed by atoms with van der Waals surface area (Å²) in [6, 6.07) is 20.2. The standard InChI is InChI=1S/C33H41N3O5S/c1-24-15-18-27(19-16-24)22-35(26(3)33(38)34-28-11-7-5-8-12-28)32(37)23-36(30-21-25(2)17-20-31(30)41-4)42(39,40)29-13-9-6-10-14-29/h6,9-10,13-21,26,28H,5,7-8,11-12,22-23H2,1-4H3,(H,34,38)/t26-/m0/s1. The van der Waals surface area contributed by atoms with E-state index in [1.54, 1.807) is 37.3 Å². The van der Waals surface area contributed by atoms with Crippen molar-refractivity contribution in [3.05, 3.63) is 89.5 Å². The molecule has 0 saturated heterocycles. The van der Waals surface area contributed by atoms with Crippen LogP contribution in [0.3, 0.4) is 0 Å². The second-order valence-corrected chi connectivity index (χ2v) is 12.9. The van der Waals surface area contributed by atoms with Crippen molar-refractivity contribution in [2.45, 2.75) is 76.4 Å². The summed E-state index contributed by atoms with van der Waals surface area (Å²) in [5.74, 6) is -0.418. The maximum absolute atomic E-state index is 14.2. The van der Waals surface area contributed by atoms with E-state index in [-0.39, 0.29) is 29.1 Å². The number of sulfonamides is 1. The van der Waals surface area contributed by atoms with Crippen LogP contribution in [0.25, 0.3) is 0 Å². The van der Waals surface area contributed by atoms with Crippen molar-refractivity contribution in [1.29, 1.82) is 0 Å². The van der Waals surface area contributed by atoms with Gasteiger partial charge in [0.15, 0.2) is 0 Å². The topological polar surface area (TPSA) is 96.0 Å². The zero-order chi connectivity index (χ0) is 30.3. The van der Waals surface area contributed by atoms with E-state index in [2.05, 4.69) is 5.32 Å². The summed E-state index contributed by atoms with van der Waals surface area (Å²) in [5.41, 5.74) is 2.98. The molecular weight excluding hydrogens is 550 g/mol. The first kappa shape index (κ1) is 31.1. The van der Waals surface area contributed by atoms with Gasteiger partial charge in [0.2, 0.25) is 11.8 Å². The Morgan fingerprint density at radius 3 is 2.21 bits per heavy atom.